The molecule has 1 saturated heterocycles. The molecule has 6 aliphatic rings. The van der Waals surface area contributed by atoms with E-state index in [-0.39, 0.29) is 34.9 Å². The number of anilines is 1. The van der Waals surface area contributed by atoms with Crippen molar-refractivity contribution in [3.8, 4) is 17.0 Å². The number of nitrogens with zero attached hydrogens (tertiary/aromatic N) is 4. The first-order chi connectivity index (χ1) is 24.5. The summed E-state index contributed by atoms with van der Waals surface area (Å²) in [4.78, 5) is 40.8. The van der Waals surface area contributed by atoms with Crippen LogP contribution in [0.5, 0.6) is 5.75 Å². The minimum Gasteiger partial charge on any atom is -0.496 e. The van der Waals surface area contributed by atoms with E-state index in [1.54, 1.807) is 24.5 Å². The molecular weight excluding hydrogens is 644 g/mol. The van der Waals surface area contributed by atoms with Crippen molar-refractivity contribution in [1.82, 2.24) is 14.9 Å². The summed E-state index contributed by atoms with van der Waals surface area (Å²) in [6.07, 6.45) is 13.7. The van der Waals surface area contributed by atoms with Gasteiger partial charge in [-0.2, -0.15) is 0 Å². The number of ether oxygens (including phenoxy) is 2. The first kappa shape index (κ1) is 34.2. The molecule has 1 aromatic carbocycles. The first-order valence-corrected chi connectivity index (χ1v) is 19.0. The Morgan fingerprint density at radius 1 is 1.00 bits per heavy atom. The van der Waals surface area contributed by atoms with Gasteiger partial charge in [-0.05, 0) is 138 Å². The normalized spacial score (nSPS) is 29.7. The third-order valence-corrected chi connectivity index (χ3v) is 13.3. The smallest absolute Gasteiger partial charge is 0.410 e. The van der Waals surface area contributed by atoms with Crippen LogP contribution in [0, 0.1) is 18.3 Å². The number of amides is 2. The number of methoxy groups -OCH3 is 1. The van der Waals surface area contributed by atoms with Crippen molar-refractivity contribution >= 4 is 17.8 Å². The molecule has 0 spiro atoms. The van der Waals surface area contributed by atoms with Gasteiger partial charge < -0.3 is 19.0 Å². The van der Waals surface area contributed by atoms with Crippen LogP contribution in [0.4, 0.5) is 10.6 Å². The molecule has 51 heavy (non-hydrogen) atoms. The minimum atomic E-state index is -0.622. The van der Waals surface area contributed by atoms with Crippen LogP contribution in [0.3, 0.4) is 0 Å². The van der Waals surface area contributed by atoms with Gasteiger partial charge >= 0.3 is 6.09 Å². The molecule has 0 radical (unpaired) electrons. The van der Waals surface area contributed by atoms with Crippen molar-refractivity contribution in [2.24, 2.45) is 11.3 Å². The average Bonchev–Trinajstić information content (AvgIpc) is 3.89. The highest BCUT2D eigenvalue weighted by atomic mass is 16.6. The molecule has 2 amide bonds. The maximum absolute atomic E-state index is 14.7. The zero-order valence-electron chi connectivity index (χ0n) is 30.5. The van der Waals surface area contributed by atoms with Crippen LogP contribution in [-0.2, 0) is 14.9 Å². The van der Waals surface area contributed by atoms with E-state index in [0.29, 0.717) is 50.5 Å². The largest absolute Gasteiger partial charge is 0.496 e. The molecule has 10 nitrogen and oxygen atoms in total. The lowest BCUT2D eigenvalue weighted by Gasteiger charge is -2.55. The number of likely N-dealkylation sites (tertiary alicyclic amines) is 1. The summed E-state index contributed by atoms with van der Waals surface area (Å²) in [5.41, 5.74) is 3.87. The SMILES string of the molecule is COc1ccc(C23CCC(CN(C(=O)C4CCC(OC(=O)N5CC(O)C5(C)C)CC4)c4cc(-c5coc(C6CC6)n5)ccn4)(CC2)CC3)cc1C. The number of benzene rings is 1. The molecule has 9 rings (SSSR count). The van der Waals surface area contributed by atoms with Gasteiger partial charge in [-0.15, -0.1) is 0 Å². The molecule has 2 aromatic heterocycles. The van der Waals surface area contributed by atoms with Crippen molar-refractivity contribution in [2.75, 3.05) is 25.1 Å². The molecule has 1 N–H and O–H groups in total. The number of β-amino-alcohol motifs (C(OH)–C–C–N with tert-alkyl or cyclic N) is 1. The number of hydrogen-bond donors (Lipinski definition) is 1. The highest BCUT2D eigenvalue weighted by Crippen LogP contribution is 2.58. The van der Waals surface area contributed by atoms with Gasteiger partial charge in [0.25, 0.3) is 0 Å². The number of rotatable bonds is 9. The molecule has 10 heteroatoms. The Kier molecular flexibility index (Phi) is 8.67. The van der Waals surface area contributed by atoms with Crippen LogP contribution in [0.2, 0.25) is 0 Å². The second kappa shape index (κ2) is 12.9. The van der Waals surface area contributed by atoms with E-state index in [9.17, 15) is 14.7 Å². The van der Waals surface area contributed by atoms with Crippen molar-refractivity contribution in [3.05, 3.63) is 59.8 Å². The highest BCUT2D eigenvalue weighted by molar-refractivity contribution is 5.95. The molecule has 5 saturated carbocycles. The number of carbonyl (C=O) groups is 2. The van der Waals surface area contributed by atoms with E-state index < -0.39 is 11.6 Å². The lowest BCUT2D eigenvalue weighted by Crippen LogP contribution is -2.69. The van der Waals surface area contributed by atoms with Gasteiger partial charge in [-0.3, -0.25) is 14.6 Å². The third-order valence-electron chi connectivity index (χ3n) is 13.3. The van der Waals surface area contributed by atoms with E-state index >= 15 is 0 Å². The van der Waals surface area contributed by atoms with Crippen LogP contribution in [0.1, 0.15) is 114 Å². The number of aryl methyl sites for hydroxylation is 1. The summed E-state index contributed by atoms with van der Waals surface area (Å²) in [6, 6.07) is 10.7. The number of pyridine rings is 1. The maximum atomic E-state index is 14.7. The van der Waals surface area contributed by atoms with Gasteiger partial charge in [0.15, 0.2) is 5.89 Å². The van der Waals surface area contributed by atoms with Crippen molar-refractivity contribution in [1.29, 1.82) is 0 Å². The van der Waals surface area contributed by atoms with Crippen LogP contribution in [0.15, 0.2) is 47.2 Å². The fourth-order valence-corrected chi connectivity index (χ4v) is 9.28. The standard InChI is InChI=1S/C41H52N4O6/c1-26-21-30(9-12-33(26)49-4)41-17-14-40(15-18-41,16-19-41)25-44(35-22-29(13-20-42-35)32-24-50-36(43-32)27-5-6-27)37(47)28-7-10-31(11-8-28)51-38(48)45-23-34(46)39(45,2)3/h9,12-13,20-22,24,27-28,31,34,46H,5-8,10-11,14-19,23,25H2,1-4H3. The Labute approximate surface area is 300 Å². The molecule has 1 aliphatic heterocycles. The summed E-state index contributed by atoms with van der Waals surface area (Å²) < 4.78 is 17.3. The fraction of sp³-hybridized carbons (Fsp3) is 0.610. The second-order valence-corrected chi connectivity index (χ2v) is 16.8. The molecule has 272 valence electrons. The number of aliphatic hydroxyl groups excluding tert-OH is 1. The maximum Gasteiger partial charge on any atom is 0.410 e. The number of carbonyl (C=O) groups excluding carboxylic acids is 2. The molecule has 1 unspecified atom stereocenters. The Bertz CT molecular complexity index is 1770. The number of hydrogen-bond acceptors (Lipinski definition) is 8. The van der Waals surface area contributed by atoms with Crippen LogP contribution < -0.4 is 9.64 Å². The monoisotopic (exact) mass is 696 g/mol. The van der Waals surface area contributed by atoms with E-state index in [1.807, 2.05) is 30.9 Å². The topological polar surface area (TPSA) is 118 Å². The van der Waals surface area contributed by atoms with Gasteiger partial charge in [-0.25, -0.2) is 14.8 Å². The van der Waals surface area contributed by atoms with Gasteiger partial charge in [0.1, 0.15) is 29.6 Å². The minimum absolute atomic E-state index is 0.0327. The lowest BCUT2D eigenvalue weighted by atomic mass is 9.51. The number of oxazole rings is 1. The molecule has 2 bridgehead atoms. The Morgan fingerprint density at radius 3 is 2.35 bits per heavy atom. The average molecular weight is 697 g/mol. The number of aliphatic hydroxyl groups is 1. The predicted octanol–water partition coefficient (Wildman–Crippen LogP) is 7.71. The van der Waals surface area contributed by atoms with Crippen LogP contribution in [-0.4, -0.2) is 69.9 Å². The number of aromatic nitrogens is 2. The lowest BCUT2D eigenvalue weighted by molar-refractivity contribution is -0.125. The quantitative estimate of drug-likeness (QED) is 0.242. The first-order valence-electron chi connectivity index (χ1n) is 19.0. The van der Waals surface area contributed by atoms with E-state index in [1.165, 1.54) is 11.1 Å². The fourth-order valence-electron chi connectivity index (χ4n) is 9.28. The summed E-state index contributed by atoms with van der Waals surface area (Å²) in [6.45, 7) is 6.76. The summed E-state index contributed by atoms with van der Waals surface area (Å²) >= 11 is 0. The van der Waals surface area contributed by atoms with E-state index in [4.69, 9.17) is 23.9 Å². The molecule has 3 heterocycles. The van der Waals surface area contributed by atoms with Crippen molar-refractivity contribution in [2.45, 2.75) is 127 Å². The summed E-state index contributed by atoms with van der Waals surface area (Å²) in [5, 5.41) is 10.1. The highest BCUT2D eigenvalue weighted by Gasteiger charge is 2.52. The third kappa shape index (κ3) is 6.31. The number of fused-ring (bicyclic) bond motifs is 3. The van der Waals surface area contributed by atoms with Gasteiger partial charge in [-0.1, -0.05) is 12.1 Å². The summed E-state index contributed by atoms with van der Waals surface area (Å²) in [5.74, 6) is 2.75. The van der Waals surface area contributed by atoms with Gasteiger partial charge in [0.2, 0.25) is 5.91 Å². The van der Waals surface area contributed by atoms with Crippen LogP contribution >= 0.6 is 0 Å². The molecule has 1 atom stereocenters. The van der Waals surface area contributed by atoms with Gasteiger partial charge in [0, 0.05) is 30.1 Å². The van der Waals surface area contributed by atoms with Crippen molar-refractivity contribution in [3.63, 3.8) is 0 Å². The molecule has 3 aromatic rings. The van der Waals surface area contributed by atoms with E-state index in [2.05, 4.69) is 25.1 Å². The summed E-state index contributed by atoms with van der Waals surface area (Å²) in [7, 11) is 1.73. The van der Waals surface area contributed by atoms with E-state index in [0.717, 1.165) is 74.3 Å². The zero-order chi connectivity index (χ0) is 35.5. The molecule has 5 aliphatic carbocycles. The molecule has 6 fully saturated rings. The predicted molar refractivity (Wildman–Crippen MR) is 193 cm³/mol. The Morgan fingerprint density at radius 2 is 1.73 bits per heavy atom. The van der Waals surface area contributed by atoms with Crippen molar-refractivity contribution < 1.29 is 28.6 Å². The molecular formula is C41H52N4O6. The zero-order valence-corrected chi connectivity index (χ0v) is 30.5. The Hall–Kier alpha value is -3.92. The van der Waals surface area contributed by atoms with Gasteiger partial charge in [0.05, 0.1) is 25.3 Å². The second-order valence-electron chi connectivity index (χ2n) is 16.8. The Balaban J connectivity index is 0.999. The van der Waals surface area contributed by atoms with Crippen LogP contribution in [0.25, 0.3) is 11.3 Å².